The zero-order valence-electron chi connectivity index (χ0n) is 10.9. The summed E-state index contributed by atoms with van der Waals surface area (Å²) in [7, 11) is 1.61. The molecule has 0 saturated carbocycles. The first-order valence-electron chi connectivity index (χ1n) is 6.59. The third kappa shape index (κ3) is 2.25. The lowest BCUT2D eigenvalue weighted by molar-refractivity contribution is 0.0672. The molecule has 0 radical (unpaired) electrons. The lowest BCUT2D eigenvalue weighted by Crippen LogP contribution is -2.46. The predicted octanol–water partition coefficient (Wildman–Crippen LogP) is 2.17. The molecular formula is C14H17BrN2O2. The van der Waals surface area contributed by atoms with Crippen molar-refractivity contribution in [1.82, 2.24) is 10.2 Å². The highest BCUT2D eigenvalue weighted by molar-refractivity contribution is 9.10. The van der Waals surface area contributed by atoms with Gasteiger partial charge in [0.15, 0.2) is 0 Å². The first kappa shape index (κ1) is 12.9. The molecule has 19 heavy (non-hydrogen) atoms. The van der Waals surface area contributed by atoms with E-state index in [9.17, 15) is 4.79 Å². The Kier molecular flexibility index (Phi) is 3.50. The maximum Gasteiger partial charge on any atom is 0.258 e. The van der Waals surface area contributed by atoms with Crippen molar-refractivity contribution in [2.45, 2.75) is 25.4 Å². The molecule has 2 aliphatic rings. The summed E-state index contributed by atoms with van der Waals surface area (Å²) in [5.41, 5.74) is 1.79. The Balaban J connectivity index is 1.92. The highest BCUT2D eigenvalue weighted by Crippen LogP contribution is 2.35. The molecule has 5 heteroatoms. The van der Waals surface area contributed by atoms with E-state index in [2.05, 4.69) is 21.2 Å². The van der Waals surface area contributed by atoms with Crippen LogP contribution in [0.3, 0.4) is 0 Å². The van der Waals surface area contributed by atoms with Gasteiger partial charge in [-0.25, -0.2) is 0 Å². The quantitative estimate of drug-likeness (QED) is 0.906. The highest BCUT2D eigenvalue weighted by atomic mass is 79.9. The largest absolute Gasteiger partial charge is 0.496 e. The number of halogens is 1. The van der Waals surface area contributed by atoms with Crippen molar-refractivity contribution in [1.29, 1.82) is 0 Å². The lowest BCUT2D eigenvalue weighted by Gasteiger charge is -2.31. The lowest BCUT2D eigenvalue weighted by atomic mass is 10.1. The Morgan fingerprint density at radius 1 is 1.47 bits per heavy atom. The number of methoxy groups -OCH3 is 1. The van der Waals surface area contributed by atoms with Crippen LogP contribution in [0.2, 0.25) is 0 Å². The van der Waals surface area contributed by atoms with Crippen LogP contribution in [0.25, 0.3) is 0 Å². The molecule has 4 nitrogen and oxygen atoms in total. The van der Waals surface area contributed by atoms with Crippen molar-refractivity contribution in [3.63, 3.8) is 0 Å². The van der Waals surface area contributed by atoms with E-state index >= 15 is 0 Å². The summed E-state index contributed by atoms with van der Waals surface area (Å²) in [4.78, 5) is 14.6. The summed E-state index contributed by atoms with van der Waals surface area (Å²) in [6.07, 6.45) is 2.21. The average Bonchev–Trinajstić information content (AvgIpc) is 2.76. The molecular weight excluding hydrogens is 308 g/mol. The number of nitrogens with zero attached hydrogens (tertiary/aromatic N) is 1. The summed E-state index contributed by atoms with van der Waals surface area (Å²) in [5, 5.41) is 3.36. The second kappa shape index (κ2) is 5.13. The van der Waals surface area contributed by atoms with Crippen LogP contribution < -0.4 is 10.1 Å². The Labute approximate surface area is 121 Å². The van der Waals surface area contributed by atoms with Gasteiger partial charge in [-0.05, 0) is 37.1 Å². The molecule has 0 aliphatic carbocycles. The number of carbonyl (C=O) groups is 1. The fourth-order valence-electron chi connectivity index (χ4n) is 2.96. The number of hydrogen-bond donors (Lipinski definition) is 1. The van der Waals surface area contributed by atoms with Crippen LogP contribution >= 0.6 is 15.9 Å². The maximum absolute atomic E-state index is 12.6. The van der Waals surface area contributed by atoms with E-state index in [0.717, 1.165) is 41.5 Å². The van der Waals surface area contributed by atoms with Gasteiger partial charge in [0.25, 0.3) is 5.91 Å². The van der Waals surface area contributed by atoms with E-state index in [1.807, 2.05) is 17.0 Å². The Bertz CT molecular complexity index is 512. The van der Waals surface area contributed by atoms with Gasteiger partial charge in [0.05, 0.1) is 12.7 Å². The Hall–Kier alpha value is -1.07. The van der Waals surface area contributed by atoms with E-state index < -0.39 is 0 Å². The molecule has 1 amide bonds. The number of hydrogen-bond acceptors (Lipinski definition) is 3. The molecule has 2 aliphatic heterocycles. The van der Waals surface area contributed by atoms with Crippen LogP contribution in [0, 0.1) is 0 Å². The van der Waals surface area contributed by atoms with Crippen molar-refractivity contribution in [2.24, 2.45) is 0 Å². The molecule has 0 bridgehead atoms. The Morgan fingerprint density at radius 2 is 2.32 bits per heavy atom. The van der Waals surface area contributed by atoms with Crippen molar-refractivity contribution in [3.05, 3.63) is 27.7 Å². The Morgan fingerprint density at radius 3 is 3.00 bits per heavy atom. The van der Waals surface area contributed by atoms with Crippen molar-refractivity contribution in [3.8, 4) is 5.75 Å². The molecule has 1 unspecified atom stereocenters. The van der Waals surface area contributed by atoms with Crippen LogP contribution in [0.15, 0.2) is 16.6 Å². The molecule has 1 saturated heterocycles. The minimum Gasteiger partial charge on any atom is -0.496 e. The number of carbonyl (C=O) groups excluding carboxylic acids is 1. The van der Waals surface area contributed by atoms with Gasteiger partial charge in [-0.1, -0.05) is 15.9 Å². The standard InChI is InChI=1S/C14H17BrN2O2/c1-19-12-6-10(15)5-9-8-17(14(18)13(9)12)11-3-2-4-16-7-11/h5-6,11,16H,2-4,7-8H2,1H3. The smallest absolute Gasteiger partial charge is 0.258 e. The monoisotopic (exact) mass is 324 g/mol. The van der Waals surface area contributed by atoms with Crippen LogP contribution in [0.4, 0.5) is 0 Å². The number of nitrogens with one attached hydrogen (secondary N) is 1. The molecule has 0 spiro atoms. The van der Waals surface area contributed by atoms with Crippen molar-refractivity contribution in [2.75, 3.05) is 20.2 Å². The molecule has 1 atom stereocenters. The van der Waals surface area contributed by atoms with Gasteiger partial charge in [0.1, 0.15) is 5.75 Å². The average molecular weight is 325 g/mol. The molecule has 102 valence electrons. The fraction of sp³-hybridized carbons (Fsp3) is 0.500. The molecule has 1 aromatic rings. The number of piperidine rings is 1. The number of fused-ring (bicyclic) bond motifs is 1. The molecule has 1 fully saturated rings. The SMILES string of the molecule is COc1cc(Br)cc2c1C(=O)N(C1CCCNC1)C2. The summed E-state index contributed by atoms with van der Waals surface area (Å²) >= 11 is 3.47. The van der Waals surface area contributed by atoms with Gasteiger partial charge in [-0.2, -0.15) is 0 Å². The van der Waals surface area contributed by atoms with Crippen LogP contribution in [0.5, 0.6) is 5.75 Å². The summed E-state index contributed by atoms with van der Waals surface area (Å²) in [5.74, 6) is 0.772. The summed E-state index contributed by atoms with van der Waals surface area (Å²) in [6.45, 7) is 2.64. The first-order valence-corrected chi connectivity index (χ1v) is 7.38. The minimum absolute atomic E-state index is 0.105. The second-order valence-corrected chi connectivity index (χ2v) is 5.99. The van der Waals surface area contributed by atoms with Gasteiger partial charge in [0.2, 0.25) is 0 Å². The van der Waals surface area contributed by atoms with Gasteiger partial charge in [0, 0.05) is 23.6 Å². The minimum atomic E-state index is 0.105. The van der Waals surface area contributed by atoms with E-state index in [4.69, 9.17) is 4.74 Å². The van der Waals surface area contributed by atoms with Gasteiger partial charge >= 0.3 is 0 Å². The van der Waals surface area contributed by atoms with Crippen LogP contribution in [0.1, 0.15) is 28.8 Å². The van der Waals surface area contributed by atoms with E-state index in [1.165, 1.54) is 0 Å². The molecule has 1 N–H and O–H groups in total. The number of rotatable bonds is 2. The normalized spacial score (nSPS) is 22.5. The van der Waals surface area contributed by atoms with E-state index in [-0.39, 0.29) is 5.91 Å². The molecule has 1 aromatic carbocycles. The van der Waals surface area contributed by atoms with Gasteiger partial charge in [-0.3, -0.25) is 4.79 Å². The fourth-order valence-corrected chi connectivity index (χ4v) is 3.44. The molecule has 2 heterocycles. The predicted molar refractivity (Wildman–Crippen MR) is 76.5 cm³/mol. The third-order valence-corrected chi connectivity index (χ3v) is 4.35. The molecule has 0 aromatic heterocycles. The van der Waals surface area contributed by atoms with Crippen molar-refractivity contribution < 1.29 is 9.53 Å². The van der Waals surface area contributed by atoms with Crippen LogP contribution in [-0.4, -0.2) is 37.0 Å². The highest BCUT2D eigenvalue weighted by Gasteiger charge is 2.35. The van der Waals surface area contributed by atoms with Gasteiger partial charge in [-0.15, -0.1) is 0 Å². The van der Waals surface area contributed by atoms with Crippen LogP contribution in [-0.2, 0) is 6.54 Å². The van der Waals surface area contributed by atoms with E-state index in [1.54, 1.807) is 7.11 Å². The third-order valence-electron chi connectivity index (χ3n) is 3.90. The number of benzene rings is 1. The number of amides is 1. The summed E-state index contributed by atoms with van der Waals surface area (Å²) in [6, 6.07) is 4.18. The first-order chi connectivity index (χ1) is 9.20. The zero-order valence-corrected chi connectivity index (χ0v) is 12.5. The molecule has 3 rings (SSSR count). The number of ether oxygens (including phenoxy) is 1. The van der Waals surface area contributed by atoms with E-state index in [0.29, 0.717) is 18.3 Å². The van der Waals surface area contributed by atoms with Gasteiger partial charge < -0.3 is 15.0 Å². The second-order valence-electron chi connectivity index (χ2n) is 5.08. The zero-order chi connectivity index (χ0) is 13.4. The topological polar surface area (TPSA) is 41.6 Å². The van der Waals surface area contributed by atoms with Crippen molar-refractivity contribution >= 4 is 21.8 Å². The maximum atomic E-state index is 12.6. The summed E-state index contributed by atoms with van der Waals surface area (Å²) < 4.78 is 6.31.